The van der Waals surface area contributed by atoms with Crippen molar-refractivity contribution in [1.29, 1.82) is 0 Å². The van der Waals surface area contributed by atoms with Crippen LogP contribution >= 0.6 is 0 Å². The molecule has 0 aromatic heterocycles. The molecule has 0 atom stereocenters. The van der Waals surface area contributed by atoms with Crippen molar-refractivity contribution in [3.63, 3.8) is 0 Å². The molecular weight excluding hydrogens is 382 g/mol. The van der Waals surface area contributed by atoms with E-state index in [2.05, 4.69) is 0 Å². The quantitative estimate of drug-likeness (QED) is 0.563. The Balaban J connectivity index is 1.66. The van der Waals surface area contributed by atoms with Gasteiger partial charge in [-0.3, -0.25) is 14.9 Å². The number of nitro groups is 1. The average Bonchev–Trinajstić information content (AvgIpc) is 2.68. The summed E-state index contributed by atoms with van der Waals surface area (Å²) < 4.78 is 26.6. The highest BCUT2D eigenvalue weighted by molar-refractivity contribution is 7.88. The van der Waals surface area contributed by atoms with Crippen molar-refractivity contribution in [3.05, 3.63) is 75.3 Å². The van der Waals surface area contributed by atoms with Gasteiger partial charge in [-0.1, -0.05) is 36.4 Å². The number of nitrogens with zero attached hydrogens (tertiary/aromatic N) is 3. The molecule has 2 aromatic carbocycles. The molecule has 1 aliphatic rings. The third-order valence-corrected chi connectivity index (χ3v) is 6.61. The molecule has 1 fully saturated rings. The van der Waals surface area contributed by atoms with Crippen LogP contribution in [0.2, 0.25) is 0 Å². The van der Waals surface area contributed by atoms with Gasteiger partial charge < -0.3 is 4.90 Å². The van der Waals surface area contributed by atoms with E-state index < -0.39 is 14.9 Å². The average molecular weight is 403 g/mol. The first-order valence-corrected chi connectivity index (χ1v) is 10.4. The van der Waals surface area contributed by atoms with E-state index in [4.69, 9.17) is 0 Å². The number of rotatable bonds is 5. The first-order valence-electron chi connectivity index (χ1n) is 8.84. The van der Waals surface area contributed by atoms with Crippen molar-refractivity contribution in [2.24, 2.45) is 0 Å². The van der Waals surface area contributed by atoms with Gasteiger partial charge in [0.2, 0.25) is 10.0 Å². The van der Waals surface area contributed by atoms with Crippen molar-refractivity contribution in [2.45, 2.75) is 12.7 Å². The Bertz CT molecular complexity index is 984. The number of hydrogen-bond donors (Lipinski definition) is 0. The minimum atomic E-state index is -3.47. The standard InChI is InChI=1S/C19H21N3O5S/c1-15-7-8-17(13-18(15)22(24)25)19(23)20-9-11-21(12-10-20)28(26,27)14-16-5-3-2-4-6-16/h2-8,13H,9-12,14H2,1H3. The van der Waals surface area contributed by atoms with Gasteiger partial charge in [-0.15, -0.1) is 0 Å². The summed E-state index contributed by atoms with van der Waals surface area (Å²) in [5.74, 6) is -0.408. The Morgan fingerprint density at radius 1 is 1.07 bits per heavy atom. The summed E-state index contributed by atoms with van der Waals surface area (Å²) in [5.41, 5.74) is 1.33. The fourth-order valence-corrected chi connectivity index (χ4v) is 4.68. The SMILES string of the molecule is Cc1ccc(C(=O)N2CCN(S(=O)(=O)Cc3ccccc3)CC2)cc1[N+](=O)[O-]. The van der Waals surface area contributed by atoms with Gasteiger partial charge in [-0.25, -0.2) is 8.42 Å². The second-order valence-electron chi connectivity index (χ2n) is 6.69. The molecular formula is C19H21N3O5S. The van der Waals surface area contributed by atoms with Crippen LogP contribution in [0, 0.1) is 17.0 Å². The minimum Gasteiger partial charge on any atom is -0.336 e. The van der Waals surface area contributed by atoms with E-state index in [1.165, 1.54) is 15.3 Å². The van der Waals surface area contributed by atoms with Crippen molar-refractivity contribution in [3.8, 4) is 0 Å². The lowest BCUT2D eigenvalue weighted by Crippen LogP contribution is -2.50. The van der Waals surface area contributed by atoms with Crippen LogP contribution in [-0.2, 0) is 15.8 Å². The summed E-state index contributed by atoms with van der Waals surface area (Å²) >= 11 is 0. The maximum Gasteiger partial charge on any atom is 0.273 e. The number of carbonyl (C=O) groups is 1. The largest absolute Gasteiger partial charge is 0.336 e. The molecule has 0 saturated carbocycles. The molecule has 0 radical (unpaired) electrons. The van der Waals surface area contributed by atoms with Gasteiger partial charge in [0.1, 0.15) is 0 Å². The highest BCUT2D eigenvalue weighted by Crippen LogP contribution is 2.21. The first-order chi connectivity index (χ1) is 13.3. The van der Waals surface area contributed by atoms with Crippen molar-refractivity contribution >= 4 is 21.6 Å². The second kappa shape index (κ2) is 8.07. The van der Waals surface area contributed by atoms with Gasteiger partial charge in [0, 0.05) is 43.4 Å². The van der Waals surface area contributed by atoms with Crippen molar-refractivity contribution in [2.75, 3.05) is 26.2 Å². The number of piperazine rings is 1. The molecule has 0 N–H and O–H groups in total. The number of amides is 1. The number of benzene rings is 2. The third-order valence-electron chi connectivity index (χ3n) is 4.76. The van der Waals surface area contributed by atoms with E-state index in [-0.39, 0.29) is 49.1 Å². The van der Waals surface area contributed by atoms with Gasteiger partial charge in [0.25, 0.3) is 11.6 Å². The molecule has 3 rings (SSSR count). The van der Waals surface area contributed by atoms with Gasteiger partial charge in [-0.2, -0.15) is 4.31 Å². The van der Waals surface area contributed by atoms with E-state index in [1.807, 2.05) is 6.07 Å². The van der Waals surface area contributed by atoms with E-state index >= 15 is 0 Å². The first kappa shape index (κ1) is 20.0. The lowest BCUT2D eigenvalue weighted by Gasteiger charge is -2.34. The molecule has 2 aromatic rings. The maximum absolute atomic E-state index is 12.7. The predicted molar refractivity (Wildman–Crippen MR) is 104 cm³/mol. The summed E-state index contributed by atoms with van der Waals surface area (Å²) in [4.78, 5) is 24.8. The number of hydrogen-bond acceptors (Lipinski definition) is 5. The zero-order valence-corrected chi connectivity index (χ0v) is 16.3. The molecule has 1 saturated heterocycles. The Morgan fingerprint density at radius 3 is 2.32 bits per heavy atom. The van der Waals surface area contributed by atoms with Crippen LogP contribution in [0.15, 0.2) is 48.5 Å². The molecule has 148 valence electrons. The van der Waals surface area contributed by atoms with Gasteiger partial charge >= 0.3 is 0 Å². The van der Waals surface area contributed by atoms with Crippen LogP contribution in [0.5, 0.6) is 0 Å². The Morgan fingerprint density at radius 2 is 1.71 bits per heavy atom. The predicted octanol–water partition coefficient (Wildman–Crippen LogP) is 2.19. The fourth-order valence-electron chi connectivity index (χ4n) is 3.17. The van der Waals surface area contributed by atoms with Crippen LogP contribution in [0.25, 0.3) is 0 Å². The Kier molecular flexibility index (Phi) is 5.76. The van der Waals surface area contributed by atoms with Crippen LogP contribution < -0.4 is 0 Å². The molecule has 9 heteroatoms. The number of aryl methyl sites for hydroxylation is 1. The number of carbonyl (C=O) groups excluding carboxylic acids is 1. The van der Waals surface area contributed by atoms with Crippen LogP contribution in [0.4, 0.5) is 5.69 Å². The molecule has 1 aliphatic heterocycles. The monoisotopic (exact) mass is 403 g/mol. The molecule has 0 unspecified atom stereocenters. The molecule has 1 amide bonds. The fraction of sp³-hybridized carbons (Fsp3) is 0.316. The van der Waals surface area contributed by atoms with Gasteiger partial charge in [0.05, 0.1) is 10.7 Å². The van der Waals surface area contributed by atoms with Crippen LogP contribution in [0.1, 0.15) is 21.5 Å². The highest BCUT2D eigenvalue weighted by Gasteiger charge is 2.29. The number of sulfonamides is 1. The molecule has 0 spiro atoms. The van der Waals surface area contributed by atoms with E-state index in [9.17, 15) is 23.3 Å². The molecule has 28 heavy (non-hydrogen) atoms. The lowest BCUT2D eigenvalue weighted by atomic mass is 10.1. The smallest absolute Gasteiger partial charge is 0.273 e. The summed E-state index contributed by atoms with van der Waals surface area (Å²) in [6.07, 6.45) is 0. The Hall–Kier alpha value is -2.78. The summed E-state index contributed by atoms with van der Waals surface area (Å²) in [7, 11) is -3.47. The van der Waals surface area contributed by atoms with Crippen molar-refractivity contribution in [1.82, 2.24) is 9.21 Å². The van der Waals surface area contributed by atoms with Crippen molar-refractivity contribution < 1.29 is 18.1 Å². The minimum absolute atomic E-state index is 0.0774. The zero-order valence-electron chi connectivity index (χ0n) is 15.4. The molecule has 0 bridgehead atoms. The third kappa shape index (κ3) is 4.37. The molecule has 0 aliphatic carbocycles. The van der Waals surface area contributed by atoms with E-state index in [0.717, 1.165) is 0 Å². The second-order valence-corrected chi connectivity index (χ2v) is 8.66. The Labute approximate surface area is 163 Å². The number of nitro benzene ring substituents is 1. The zero-order chi connectivity index (χ0) is 20.3. The van der Waals surface area contributed by atoms with E-state index in [0.29, 0.717) is 11.1 Å². The van der Waals surface area contributed by atoms with Gasteiger partial charge in [0.15, 0.2) is 0 Å². The molecule has 1 heterocycles. The summed E-state index contributed by atoms with van der Waals surface area (Å²) in [6, 6.07) is 13.3. The lowest BCUT2D eigenvalue weighted by molar-refractivity contribution is -0.385. The summed E-state index contributed by atoms with van der Waals surface area (Å²) in [5, 5.41) is 11.1. The normalized spacial score (nSPS) is 15.4. The summed E-state index contributed by atoms with van der Waals surface area (Å²) in [6.45, 7) is 2.51. The van der Waals surface area contributed by atoms with Crippen LogP contribution in [-0.4, -0.2) is 54.6 Å². The topological polar surface area (TPSA) is 101 Å². The highest BCUT2D eigenvalue weighted by atomic mass is 32.2. The maximum atomic E-state index is 12.7. The van der Waals surface area contributed by atoms with Gasteiger partial charge in [-0.05, 0) is 18.6 Å². The van der Waals surface area contributed by atoms with Crippen LogP contribution in [0.3, 0.4) is 0 Å². The molecule has 8 nitrogen and oxygen atoms in total. The van der Waals surface area contributed by atoms with E-state index in [1.54, 1.807) is 43.3 Å².